The Morgan fingerprint density at radius 3 is 2.43 bits per heavy atom. The molecule has 2 N–H and O–H groups in total. The van der Waals surface area contributed by atoms with Gasteiger partial charge in [0, 0.05) is 19.0 Å². The second-order valence-electron chi connectivity index (χ2n) is 7.48. The predicted octanol–water partition coefficient (Wildman–Crippen LogP) is 1.94. The maximum Gasteiger partial charge on any atom is 0.573 e. The Hall–Kier alpha value is -2.54. The summed E-state index contributed by atoms with van der Waals surface area (Å²) in [6, 6.07) is 3.39. The maximum atomic E-state index is 12.7. The maximum absolute atomic E-state index is 12.7. The second-order valence-corrected chi connectivity index (χ2v) is 9.16. The van der Waals surface area contributed by atoms with Gasteiger partial charge in [0.25, 0.3) is 0 Å². The van der Waals surface area contributed by atoms with Gasteiger partial charge in [0.05, 0.1) is 0 Å². The molecule has 1 aliphatic heterocycles. The van der Waals surface area contributed by atoms with E-state index >= 15 is 0 Å². The number of sulfonamides is 1. The van der Waals surface area contributed by atoms with E-state index < -0.39 is 50.9 Å². The molecule has 0 unspecified atom stereocenters. The molecule has 1 aliphatic rings. The van der Waals surface area contributed by atoms with E-state index in [1.165, 1.54) is 12.1 Å². The molecular formula is C17H22F3N3O6S. The summed E-state index contributed by atoms with van der Waals surface area (Å²) in [5, 5.41) is 2.40. The highest BCUT2D eigenvalue weighted by Gasteiger charge is 2.40. The van der Waals surface area contributed by atoms with E-state index in [9.17, 15) is 31.2 Å². The number of alkyl halides is 3. The molecule has 0 saturated carbocycles. The average Bonchev–Trinajstić information content (AvgIpc) is 2.94. The summed E-state index contributed by atoms with van der Waals surface area (Å²) in [7, 11) is -4.44. The highest BCUT2D eigenvalue weighted by Crippen LogP contribution is 2.30. The van der Waals surface area contributed by atoms with E-state index in [2.05, 4.69) is 14.8 Å². The first-order valence-electron chi connectivity index (χ1n) is 8.78. The number of para-hydroxylation sites is 1. The third-order valence-corrected chi connectivity index (χ3v) is 5.44. The second kappa shape index (κ2) is 8.68. The minimum absolute atomic E-state index is 0.0144. The van der Waals surface area contributed by atoms with Crippen LogP contribution in [0, 0.1) is 0 Å². The minimum Gasteiger partial charge on any atom is -0.444 e. The highest BCUT2D eigenvalue weighted by molar-refractivity contribution is 7.89. The topological polar surface area (TPSA) is 114 Å². The number of nitrogens with one attached hydrogen (secondary N) is 2. The fourth-order valence-corrected chi connectivity index (χ4v) is 4.21. The van der Waals surface area contributed by atoms with Crippen LogP contribution < -0.4 is 14.8 Å². The number of ether oxygens (including phenoxy) is 2. The molecule has 13 heteroatoms. The smallest absolute Gasteiger partial charge is 0.444 e. The molecule has 2 rings (SSSR count). The molecule has 0 aliphatic carbocycles. The predicted molar refractivity (Wildman–Crippen MR) is 97.8 cm³/mol. The van der Waals surface area contributed by atoms with Gasteiger partial charge in [-0.2, -0.15) is 0 Å². The molecule has 1 heterocycles. The molecule has 0 radical (unpaired) electrons. The first-order chi connectivity index (χ1) is 13.7. The first-order valence-corrected chi connectivity index (χ1v) is 10.3. The number of likely N-dealkylation sites (tertiary alicyclic amines) is 1. The van der Waals surface area contributed by atoms with Gasteiger partial charge in [-0.1, -0.05) is 12.1 Å². The molecule has 0 aromatic heterocycles. The monoisotopic (exact) mass is 453 g/mol. The zero-order valence-electron chi connectivity index (χ0n) is 16.4. The van der Waals surface area contributed by atoms with Gasteiger partial charge in [-0.05, 0) is 32.9 Å². The summed E-state index contributed by atoms with van der Waals surface area (Å²) in [6.07, 6.45) is -6.37. The molecule has 1 fully saturated rings. The summed E-state index contributed by atoms with van der Waals surface area (Å²) < 4.78 is 74.4. The van der Waals surface area contributed by atoms with Crippen molar-refractivity contribution in [2.24, 2.45) is 0 Å². The van der Waals surface area contributed by atoms with Crippen LogP contribution in [0.25, 0.3) is 0 Å². The average molecular weight is 453 g/mol. The number of hydrogen-bond donors (Lipinski definition) is 2. The molecule has 2 amide bonds. The van der Waals surface area contributed by atoms with Crippen LogP contribution in [0.5, 0.6) is 5.75 Å². The Bertz CT molecular complexity index is 885. The van der Waals surface area contributed by atoms with E-state index in [0.29, 0.717) is 6.41 Å². The fraction of sp³-hybridized carbons (Fsp3) is 0.529. The van der Waals surface area contributed by atoms with Crippen molar-refractivity contribution in [2.75, 3.05) is 6.54 Å². The van der Waals surface area contributed by atoms with Crippen LogP contribution >= 0.6 is 0 Å². The van der Waals surface area contributed by atoms with E-state index in [1.54, 1.807) is 20.8 Å². The van der Waals surface area contributed by atoms with Crippen molar-refractivity contribution >= 4 is 22.5 Å². The number of hydrogen-bond acceptors (Lipinski definition) is 6. The molecule has 30 heavy (non-hydrogen) atoms. The van der Waals surface area contributed by atoms with Crippen molar-refractivity contribution in [3.8, 4) is 5.75 Å². The largest absolute Gasteiger partial charge is 0.573 e. The lowest BCUT2D eigenvalue weighted by molar-refractivity contribution is -0.275. The van der Waals surface area contributed by atoms with Gasteiger partial charge in [0.2, 0.25) is 16.4 Å². The Morgan fingerprint density at radius 2 is 1.87 bits per heavy atom. The van der Waals surface area contributed by atoms with Gasteiger partial charge in [-0.25, -0.2) is 17.9 Å². The van der Waals surface area contributed by atoms with Crippen LogP contribution in [0.3, 0.4) is 0 Å². The third kappa shape index (κ3) is 6.49. The molecular weight excluding hydrogens is 431 g/mol. The van der Waals surface area contributed by atoms with Crippen molar-refractivity contribution in [3.05, 3.63) is 24.3 Å². The highest BCUT2D eigenvalue weighted by atomic mass is 32.2. The third-order valence-electron chi connectivity index (χ3n) is 3.88. The van der Waals surface area contributed by atoms with Gasteiger partial charge in [-0.15, -0.1) is 13.2 Å². The standard InChI is InChI=1S/C17H22F3N3O6S/c1-16(2,3)29-15(25)23-9-11(8-14(23)21-10-24)22-30(26,27)13-7-5-4-6-12(13)28-17(18,19)20/h4-7,10-11,14,22H,8-9H2,1-3H3,(H,21,24)/t11-,14+/m1/s1. The Morgan fingerprint density at radius 1 is 1.23 bits per heavy atom. The number of nitrogens with zero attached hydrogens (tertiary/aromatic N) is 1. The van der Waals surface area contributed by atoms with Crippen molar-refractivity contribution < 1.29 is 40.7 Å². The summed E-state index contributed by atoms with van der Waals surface area (Å²) in [5.74, 6) is -0.887. The van der Waals surface area contributed by atoms with Gasteiger partial charge < -0.3 is 14.8 Å². The van der Waals surface area contributed by atoms with E-state index in [0.717, 1.165) is 17.0 Å². The number of amides is 2. The van der Waals surface area contributed by atoms with E-state index in [-0.39, 0.29) is 13.0 Å². The van der Waals surface area contributed by atoms with Crippen molar-refractivity contribution in [1.82, 2.24) is 14.9 Å². The zero-order chi connectivity index (χ0) is 22.7. The fourth-order valence-electron chi connectivity index (χ4n) is 2.84. The van der Waals surface area contributed by atoms with Crippen LogP contribution in [0.2, 0.25) is 0 Å². The molecule has 1 aromatic carbocycles. The zero-order valence-corrected chi connectivity index (χ0v) is 17.2. The number of halogens is 3. The van der Waals surface area contributed by atoms with Crippen LogP contribution in [0.15, 0.2) is 29.2 Å². The first kappa shape index (κ1) is 23.7. The Balaban J connectivity index is 2.21. The number of rotatable bonds is 6. The number of carbonyl (C=O) groups excluding carboxylic acids is 2. The van der Waals surface area contributed by atoms with Gasteiger partial charge in [0.15, 0.2) is 0 Å². The number of carbonyl (C=O) groups is 2. The minimum atomic E-state index is -5.08. The Labute approximate surface area is 171 Å². The Kier molecular flexibility index (Phi) is 6.87. The summed E-state index contributed by atoms with van der Waals surface area (Å²) in [4.78, 5) is 23.6. The lowest BCUT2D eigenvalue weighted by Gasteiger charge is -2.28. The summed E-state index contributed by atoms with van der Waals surface area (Å²) in [5.41, 5.74) is -0.825. The normalized spacial score (nSPS) is 20.0. The SMILES string of the molecule is CC(C)(C)OC(=O)N1C[C@H](NS(=O)(=O)c2ccccc2OC(F)(F)F)C[C@H]1NC=O. The van der Waals surface area contributed by atoms with E-state index in [1.807, 2.05) is 0 Å². The summed E-state index contributed by atoms with van der Waals surface area (Å²) >= 11 is 0. The molecule has 168 valence electrons. The molecule has 0 spiro atoms. The number of benzene rings is 1. The molecule has 0 bridgehead atoms. The van der Waals surface area contributed by atoms with Crippen LogP contribution in [-0.4, -0.2) is 56.5 Å². The van der Waals surface area contributed by atoms with Crippen LogP contribution in [-0.2, 0) is 19.6 Å². The molecule has 2 atom stereocenters. The van der Waals surface area contributed by atoms with Crippen molar-refractivity contribution in [1.29, 1.82) is 0 Å². The van der Waals surface area contributed by atoms with Crippen LogP contribution in [0.4, 0.5) is 18.0 Å². The van der Waals surface area contributed by atoms with E-state index in [4.69, 9.17) is 4.74 Å². The van der Waals surface area contributed by atoms with Gasteiger partial charge in [0.1, 0.15) is 22.4 Å². The molecule has 1 saturated heterocycles. The lowest BCUT2D eigenvalue weighted by atomic mass is 10.2. The van der Waals surface area contributed by atoms with Crippen LogP contribution in [0.1, 0.15) is 27.2 Å². The molecule has 9 nitrogen and oxygen atoms in total. The quantitative estimate of drug-likeness (QED) is 0.637. The summed E-state index contributed by atoms with van der Waals surface area (Å²) in [6.45, 7) is 4.75. The van der Waals surface area contributed by atoms with Crippen molar-refractivity contribution in [3.63, 3.8) is 0 Å². The lowest BCUT2D eigenvalue weighted by Crippen LogP contribution is -2.46. The van der Waals surface area contributed by atoms with Crippen molar-refractivity contribution in [2.45, 2.75) is 56.3 Å². The molecule has 1 aromatic rings. The van der Waals surface area contributed by atoms with Gasteiger partial charge in [-0.3, -0.25) is 9.69 Å². The van der Waals surface area contributed by atoms with Gasteiger partial charge >= 0.3 is 12.5 Å².